The minimum atomic E-state index is -2.38. The summed E-state index contributed by atoms with van der Waals surface area (Å²) in [6.45, 7) is 4.28. The van der Waals surface area contributed by atoms with E-state index >= 15 is 0 Å². The van der Waals surface area contributed by atoms with Gasteiger partial charge in [0.1, 0.15) is 6.10 Å². The molecule has 0 heterocycles. The first kappa shape index (κ1) is 19.0. The summed E-state index contributed by atoms with van der Waals surface area (Å²) < 4.78 is 31.8. The van der Waals surface area contributed by atoms with Crippen molar-refractivity contribution >= 4 is 8.80 Å². The van der Waals surface area contributed by atoms with Crippen molar-refractivity contribution in [3.63, 3.8) is 0 Å². The van der Waals surface area contributed by atoms with Crippen LogP contribution < -0.4 is 0 Å². The Hall–Kier alpha value is -0.0231. The van der Waals surface area contributed by atoms with Crippen molar-refractivity contribution in [2.45, 2.75) is 25.5 Å². The Kier molecular flexibility index (Phi) is 11.8. The lowest BCUT2D eigenvalue weighted by Gasteiger charge is -2.21. The predicted molar refractivity (Wildman–Crippen MR) is 74.3 cm³/mol. The first-order valence-electron chi connectivity index (χ1n) is 6.45. The fourth-order valence-corrected chi connectivity index (χ4v) is 2.27. The zero-order chi connectivity index (χ0) is 14.6. The van der Waals surface area contributed by atoms with Gasteiger partial charge in [-0.1, -0.05) is 0 Å². The molecule has 0 fully saturated rings. The average molecular weight is 296 g/mol. The standard InChI is InChI=1S/C12H28O6Si/c1-13-10-12(14-2)11-17-8-6-7-9-18-19(5,15-3)16-4/h12H,6-11H2,1-5H3. The Balaban J connectivity index is 3.45. The molecule has 19 heavy (non-hydrogen) atoms. The average Bonchev–Trinajstić information content (AvgIpc) is 2.44. The van der Waals surface area contributed by atoms with Crippen LogP contribution in [0.2, 0.25) is 6.55 Å². The molecule has 0 saturated heterocycles. The molecule has 0 radical (unpaired) electrons. The molecule has 6 nitrogen and oxygen atoms in total. The first-order valence-corrected chi connectivity index (χ1v) is 8.68. The van der Waals surface area contributed by atoms with Crippen LogP contribution in [0.5, 0.6) is 0 Å². The smallest absolute Gasteiger partial charge is 0.382 e. The van der Waals surface area contributed by atoms with Gasteiger partial charge in [0, 0.05) is 48.2 Å². The Bertz CT molecular complexity index is 201. The van der Waals surface area contributed by atoms with Crippen LogP contribution in [0.3, 0.4) is 0 Å². The van der Waals surface area contributed by atoms with Crippen molar-refractivity contribution < 1.29 is 27.5 Å². The Labute approximate surface area is 117 Å². The maximum absolute atomic E-state index is 5.61. The Morgan fingerprint density at radius 1 is 0.895 bits per heavy atom. The molecule has 116 valence electrons. The second kappa shape index (κ2) is 11.8. The summed E-state index contributed by atoms with van der Waals surface area (Å²) in [5.41, 5.74) is 0. The normalized spacial score (nSPS) is 13.7. The topological polar surface area (TPSA) is 55.4 Å². The molecule has 0 rings (SSSR count). The molecule has 0 aliphatic carbocycles. The second-order valence-corrected chi connectivity index (χ2v) is 7.04. The van der Waals surface area contributed by atoms with E-state index in [1.807, 2.05) is 6.55 Å². The third kappa shape index (κ3) is 9.50. The summed E-state index contributed by atoms with van der Waals surface area (Å²) in [7, 11) is 4.15. The van der Waals surface area contributed by atoms with Crippen molar-refractivity contribution in [3.05, 3.63) is 0 Å². The van der Waals surface area contributed by atoms with Crippen molar-refractivity contribution in [2.24, 2.45) is 0 Å². The van der Waals surface area contributed by atoms with Crippen LogP contribution >= 0.6 is 0 Å². The van der Waals surface area contributed by atoms with Gasteiger partial charge in [0.25, 0.3) is 0 Å². The number of methoxy groups -OCH3 is 2. The largest absolute Gasteiger partial charge is 0.497 e. The van der Waals surface area contributed by atoms with Crippen LogP contribution in [0.1, 0.15) is 12.8 Å². The molecule has 0 bridgehead atoms. The Morgan fingerprint density at radius 3 is 2.05 bits per heavy atom. The molecule has 1 atom stereocenters. The maximum atomic E-state index is 5.61. The molecule has 0 amide bonds. The van der Waals surface area contributed by atoms with Crippen LogP contribution in [0.4, 0.5) is 0 Å². The fraction of sp³-hybridized carbons (Fsp3) is 1.00. The van der Waals surface area contributed by atoms with Crippen LogP contribution in [-0.4, -0.2) is 69.8 Å². The van der Waals surface area contributed by atoms with Gasteiger partial charge in [0.15, 0.2) is 0 Å². The molecular weight excluding hydrogens is 268 g/mol. The lowest BCUT2D eigenvalue weighted by atomic mass is 10.3. The number of ether oxygens (including phenoxy) is 3. The third-order valence-electron chi connectivity index (χ3n) is 2.78. The molecule has 7 heteroatoms. The van der Waals surface area contributed by atoms with E-state index in [-0.39, 0.29) is 6.10 Å². The minimum Gasteiger partial charge on any atom is -0.382 e. The minimum absolute atomic E-state index is 0.000989. The van der Waals surface area contributed by atoms with Gasteiger partial charge in [-0.05, 0) is 12.8 Å². The molecule has 0 aromatic heterocycles. The maximum Gasteiger partial charge on any atom is 0.497 e. The van der Waals surface area contributed by atoms with Crippen LogP contribution in [0.25, 0.3) is 0 Å². The highest BCUT2D eigenvalue weighted by atomic mass is 28.4. The number of rotatable bonds is 13. The molecular formula is C12H28O6Si. The molecule has 0 aliphatic heterocycles. The predicted octanol–water partition coefficient (Wildman–Crippen LogP) is 1.32. The SMILES string of the molecule is COCC(COCCCCO[Si](C)(OC)OC)OC. The zero-order valence-corrected chi connectivity index (χ0v) is 13.8. The molecule has 0 aliphatic rings. The van der Waals surface area contributed by atoms with Crippen molar-refractivity contribution in [3.8, 4) is 0 Å². The molecule has 1 unspecified atom stereocenters. The van der Waals surface area contributed by atoms with Crippen molar-refractivity contribution in [2.75, 3.05) is 54.9 Å². The van der Waals surface area contributed by atoms with Crippen LogP contribution in [0.15, 0.2) is 0 Å². The van der Waals surface area contributed by atoms with Crippen LogP contribution in [-0.2, 0) is 27.5 Å². The quantitative estimate of drug-likeness (QED) is 0.377. The molecule has 0 N–H and O–H groups in total. The van der Waals surface area contributed by atoms with Gasteiger partial charge >= 0.3 is 8.80 Å². The van der Waals surface area contributed by atoms with Gasteiger partial charge in [0.2, 0.25) is 0 Å². The zero-order valence-electron chi connectivity index (χ0n) is 12.8. The lowest BCUT2D eigenvalue weighted by Crippen LogP contribution is -2.40. The molecule has 0 saturated carbocycles. The summed E-state index contributed by atoms with van der Waals surface area (Å²) in [5, 5.41) is 0. The van der Waals surface area contributed by atoms with E-state index in [4.69, 9.17) is 27.5 Å². The van der Waals surface area contributed by atoms with Gasteiger partial charge in [-0.15, -0.1) is 0 Å². The highest BCUT2D eigenvalue weighted by Gasteiger charge is 2.31. The van der Waals surface area contributed by atoms with Gasteiger partial charge in [0.05, 0.1) is 13.2 Å². The van der Waals surface area contributed by atoms with Crippen LogP contribution in [0, 0.1) is 0 Å². The van der Waals surface area contributed by atoms with E-state index in [0.717, 1.165) is 12.8 Å². The third-order valence-corrected chi connectivity index (χ3v) is 4.99. The lowest BCUT2D eigenvalue weighted by molar-refractivity contribution is -0.0313. The molecule has 0 spiro atoms. The summed E-state index contributed by atoms with van der Waals surface area (Å²) in [5.74, 6) is 0. The number of unbranched alkanes of at least 4 members (excludes halogenated alkanes) is 1. The summed E-state index contributed by atoms with van der Waals surface area (Å²) in [4.78, 5) is 0. The van der Waals surface area contributed by atoms with Crippen molar-refractivity contribution in [1.82, 2.24) is 0 Å². The van der Waals surface area contributed by atoms with Gasteiger partial charge < -0.3 is 27.5 Å². The highest BCUT2D eigenvalue weighted by molar-refractivity contribution is 6.59. The van der Waals surface area contributed by atoms with E-state index in [9.17, 15) is 0 Å². The number of hydrogen-bond donors (Lipinski definition) is 0. The van der Waals surface area contributed by atoms with E-state index in [2.05, 4.69) is 0 Å². The Morgan fingerprint density at radius 2 is 1.53 bits per heavy atom. The van der Waals surface area contributed by atoms with E-state index in [0.29, 0.717) is 26.4 Å². The van der Waals surface area contributed by atoms with Gasteiger partial charge in [-0.25, -0.2) is 0 Å². The van der Waals surface area contributed by atoms with E-state index in [1.165, 1.54) is 0 Å². The molecule has 0 aromatic carbocycles. The summed E-state index contributed by atoms with van der Waals surface area (Å²) in [6, 6.07) is 0. The van der Waals surface area contributed by atoms with Crippen molar-refractivity contribution in [1.29, 1.82) is 0 Å². The first-order chi connectivity index (χ1) is 9.11. The highest BCUT2D eigenvalue weighted by Crippen LogP contribution is 2.07. The van der Waals surface area contributed by atoms with E-state index < -0.39 is 8.80 Å². The fourth-order valence-electron chi connectivity index (χ4n) is 1.35. The van der Waals surface area contributed by atoms with Gasteiger partial charge in [-0.3, -0.25) is 0 Å². The monoisotopic (exact) mass is 296 g/mol. The molecule has 0 aromatic rings. The summed E-state index contributed by atoms with van der Waals surface area (Å²) in [6.07, 6.45) is 1.84. The second-order valence-electron chi connectivity index (χ2n) is 4.21. The van der Waals surface area contributed by atoms with E-state index in [1.54, 1.807) is 28.4 Å². The van der Waals surface area contributed by atoms with Gasteiger partial charge in [-0.2, -0.15) is 0 Å². The summed E-state index contributed by atoms with van der Waals surface area (Å²) >= 11 is 0. The number of hydrogen-bond acceptors (Lipinski definition) is 6.